The van der Waals surface area contributed by atoms with Gasteiger partial charge in [0.2, 0.25) is 5.95 Å². The van der Waals surface area contributed by atoms with Gasteiger partial charge in [0.05, 0.1) is 5.69 Å². The Balaban J connectivity index is 2.27. The van der Waals surface area contributed by atoms with E-state index in [0.29, 0.717) is 17.6 Å². The Morgan fingerprint density at radius 1 is 1.22 bits per heavy atom. The number of nitrogens with one attached hydrogen (secondary N) is 2. The first-order chi connectivity index (χ1) is 11.0. The van der Waals surface area contributed by atoms with E-state index in [1.54, 1.807) is 24.3 Å². The monoisotopic (exact) mass is 330 g/mol. The smallest absolute Gasteiger partial charge is 0.421 e. The van der Waals surface area contributed by atoms with Gasteiger partial charge in [-0.05, 0) is 12.1 Å². The van der Waals surface area contributed by atoms with E-state index in [4.69, 9.17) is 4.74 Å². The lowest BCUT2D eigenvalue weighted by atomic mass is 10.3. The zero-order chi connectivity index (χ0) is 16.9. The Morgan fingerprint density at radius 2 is 1.96 bits per heavy atom. The Bertz CT molecular complexity index is 663. The number of ether oxygens (including phenoxy) is 1. The fourth-order valence-corrected chi connectivity index (χ4v) is 1.80. The molecule has 0 radical (unpaired) electrons. The predicted octanol–water partition coefficient (Wildman–Crippen LogP) is 3.63. The molecular weight excluding hydrogens is 316 g/mol. The fraction of sp³-hybridized carbons (Fsp3) is 0.286. The lowest BCUT2D eigenvalue weighted by Crippen LogP contribution is -2.12. The molecule has 0 amide bonds. The van der Waals surface area contributed by atoms with Crippen molar-refractivity contribution in [1.82, 2.24) is 9.97 Å². The van der Waals surface area contributed by atoms with Crippen LogP contribution in [-0.2, 0) is 6.18 Å². The highest BCUT2D eigenvalue weighted by Crippen LogP contribution is 2.34. The zero-order valence-electron chi connectivity index (χ0n) is 12.1. The molecule has 1 aromatic carbocycles. The van der Waals surface area contributed by atoms with Crippen molar-refractivity contribution in [2.75, 3.05) is 31.0 Å². The molecule has 0 spiro atoms. The quantitative estimate of drug-likeness (QED) is 0.792. The summed E-state index contributed by atoms with van der Waals surface area (Å²) in [6, 6.07) is 6.59. The van der Waals surface area contributed by atoms with E-state index in [-0.39, 0.29) is 18.4 Å². The zero-order valence-corrected chi connectivity index (χ0v) is 12.1. The minimum Gasteiger partial charge on any atom is -0.489 e. The Hall–Kier alpha value is -2.58. The number of hydrogen-bond donors (Lipinski definition) is 2. The summed E-state index contributed by atoms with van der Waals surface area (Å²) in [5, 5.41) is 5.14. The topological polar surface area (TPSA) is 59.1 Å². The first-order valence-electron chi connectivity index (χ1n) is 6.62. The summed E-state index contributed by atoms with van der Waals surface area (Å²) in [6.07, 6.45) is -3.87. The van der Waals surface area contributed by atoms with Crippen molar-refractivity contribution < 1.29 is 22.3 Å². The number of aromatic nitrogens is 2. The van der Waals surface area contributed by atoms with Gasteiger partial charge in [0, 0.05) is 13.2 Å². The third-order valence-corrected chi connectivity index (χ3v) is 2.80. The molecule has 0 fully saturated rings. The maximum absolute atomic E-state index is 12.8. The summed E-state index contributed by atoms with van der Waals surface area (Å²) in [5.41, 5.74) is -0.546. The molecule has 0 atom stereocenters. The van der Waals surface area contributed by atoms with Crippen LogP contribution in [0.4, 0.5) is 35.0 Å². The lowest BCUT2D eigenvalue weighted by Gasteiger charge is -2.14. The molecule has 0 aliphatic heterocycles. The fourth-order valence-electron chi connectivity index (χ4n) is 1.80. The Kier molecular flexibility index (Phi) is 5.20. The molecule has 0 saturated carbocycles. The van der Waals surface area contributed by atoms with E-state index >= 15 is 0 Å². The van der Waals surface area contributed by atoms with Crippen molar-refractivity contribution in [3.05, 3.63) is 36.0 Å². The Labute approximate surface area is 129 Å². The van der Waals surface area contributed by atoms with Crippen molar-refractivity contribution in [3.8, 4) is 5.75 Å². The van der Waals surface area contributed by atoms with Crippen molar-refractivity contribution in [2.24, 2.45) is 0 Å². The molecule has 124 valence electrons. The summed E-state index contributed by atoms with van der Waals surface area (Å²) in [7, 11) is 1.33. The van der Waals surface area contributed by atoms with Crippen molar-refractivity contribution in [3.63, 3.8) is 0 Å². The standard InChI is InChI=1S/C14H14F4N4O/c1-19-12-9(14(16,17)18)8-20-13(22-12)21-10-4-2-3-5-11(10)23-7-6-15/h2-5,8H,6-7H2,1H3,(H2,19,20,21,22). The number of nitrogens with zero attached hydrogens (tertiary/aromatic N) is 2. The van der Waals surface area contributed by atoms with E-state index in [9.17, 15) is 17.6 Å². The van der Waals surface area contributed by atoms with Gasteiger partial charge in [-0.15, -0.1) is 0 Å². The van der Waals surface area contributed by atoms with Crippen LogP contribution in [0.2, 0.25) is 0 Å². The van der Waals surface area contributed by atoms with Crippen LogP contribution in [0.25, 0.3) is 0 Å². The molecular formula is C14H14F4N4O. The molecule has 9 heteroatoms. The third kappa shape index (κ3) is 4.21. The second-order valence-corrected chi connectivity index (χ2v) is 4.36. The van der Waals surface area contributed by atoms with Gasteiger partial charge < -0.3 is 15.4 Å². The number of para-hydroxylation sites is 2. The first kappa shape index (κ1) is 16.8. The van der Waals surface area contributed by atoms with Crippen molar-refractivity contribution in [1.29, 1.82) is 0 Å². The SMILES string of the molecule is CNc1nc(Nc2ccccc2OCCF)ncc1C(F)(F)F. The van der Waals surface area contributed by atoms with Gasteiger partial charge in [0.25, 0.3) is 0 Å². The van der Waals surface area contributed by atoms with Crippen molar-refractivity contribution in [2.45, 2.75) is 6.18 Å². The van der Waals surface area contributed by atoms with E-state index < -0.39 is 18.4 Å². The van der Waals surface area contributed by atoms with Crippen LogP contribution >= 0.6 is 0 Å². The minimum atomic E-state index is -4.56. The number of hydrogen-bond acceptors (Lipinski definition) is 5. The highest BCUT2D eigenvalue weighted by atomic mass is 19.4. The summed E-state index contributed by atoms with van der Waals surface area (Å²) < 4.78 is 55.8. The highest BCUT2D eigenvalue weighted by molar-refractivity contribution is 5.63. The second-order valence-electron chi connectivity index (χ2n) is 4.36. The Morgan fingerprint density at radius 3 is 2.61 bits per heavy atom. The van der Waals surface area contributed by atoms with Crippen LogP contribution in [0.15, 0.2) is 30.5 Å². The normalized spacial score (nSPS) is 11.2. The molecule has 2 N–H and O–H groups in total. The molecule has 2 rings (SSSR count). The van der Waals surface area contributed by atoms with Crippen LogP contribution in [-0.4, -0.2) is 30.3 Å². The first-order valence-corrected chi connectivity index (χ1v) is 6.62. The third-order valence-electron chi connectivity index (χ3n) is 2.80. The summed E-state index contributed by atoms with van der Waals surface area (Å²) in [4.78, 5) is 7.45. The van der Waals surface area contributed by atoms with Gasteiger partial charge >= 0.3 is 6.18 Å². The van der Waals surface area contributed by atoms with E-state index in [2.05, 4.69) is 20.6 Å². The van der Waals surface area contributed by atoms with E-state index in [1.807, 2.05) is 0 Å². The molecule has 23 heavy (non-hydrogen) atoms. The number of benzene rings is 1. The van der Waals surface area contributed by atoms with Gasteiger partial charge in [-0.1, -0.05) is 12.1 Å². The van der Waals surface area contributed by atoms with Gasteiger partial charge in [0.15, 0.2) is 0 Å². The maximum atomic E-state index is 12.8. The average Bonchev–Trinajstić information content (AvgIpc) is 2.53. The number of anilines is 3. The van der Waals surface area contributed by atoms with Crippen LogP contribution in [0.5, 0.6) is 5.75 Å². The van der Waals surface area contributed by atoms with E-state index in [1.165, 1.54) is 7.05 Å². The molecule has 5 nitrogen and oxygen atoms in total. The van der Waals surface area contributed by atoms with Gasteiger partial charge in [0.1, 0.15) is 30.4 Å². The van der Waals surface area contributed by atoms with Crippen LogP contribution < -0.4 is 15.4 Å². The molecule has 0 aliphatic rings. The molecule has 1 heterocycles. The summed E-state index contributed by atoms with van der Waals surface area (Å²) in [5.74, 6) is -0.0459. The van der Waals surface area contributed by atoms with Gasteiger partial charge in [-0.3, -0.25) is 0 Å². The molecule has 2 aromatic rings. The molecule has 0 saturated heterocycles. The van der Waals surface area contributed by atoms with Gasteiger partial charge in [-0.2, -0.15) is 18.2 Å². The largest absolute Gasteiger partial charge is 0.489 e. The minimum absolute atomic E-state index is 0.0429. The molecule has 1 aromatic heterocycles. The van der Waals surface area contributed by atoms with E-state index in [0.717, 1.165) is 0 Å². The highest BCUT2D eigenvalue weighted by Gasteiger charge is 2.35. The molecule has 0 bridgehead atoms. The molecule has 0 unspecified atom stereocenters. The second kappa shape index (κ2) is 7.12. The predicted molar refractivity (Wildman–Crippen MR) is 77.8 cm³/mol. The summed E-state index contributed by atoms with van der Waals surface area (Å²) >= 11 is 0. The molecule has 0 aliphatic carbocycles. The van der Waals surface area contributed by atoms with Crippen LogP contribution in [0.1, 0.15) is 5.56 Å². The average molecular weight is 330 g/mol. The van der Waals surface area contributed by atoms with Crippen molar-refractivity contribution >= 4 is 17.5 Å². The number of alkyl halides is 4. The van der Waals surface area contributed by atoms with Crippen LogP contribution in [0, 0.1) is 0 Å². The lowest BCUT2D eigenvalue weighted by molar-refractivity contribution is -0.137. The number of rotatable bonds is 6. The number of halogens is 4. The maximum Gasteiger partial charge on any atom is 0.421 e. The van der Waals surface area contributed by atoms with Gasteiger partial charge in [-0.25, -0.2) is 9.37 Å². The van der Waals surface area contributed by atoms with Crippen LogP contribution in [0.3, 0.4) is 0 Å². The summed E-state index contributed by atoms with van der Waals surface area (Å²) in [6.45, 7) is -0.788.